The number of hydrogen-bond donors (Lipinski definition) is 2. The van der Waals surface area contributed by atoms with Crippen LogP contribution in [0.1, 0.15) is 16.7 Å². The van der Waals surface area contributed by atoms with E-state index in [1.807, 2.05) is 43.3 Å². The first-order valence-electron chi connectivity index (χ1n) is 7.41. The van der Waals surface area contributed by atoms with Gasteiger partial charge in [-0.1, -0.05) is 42.0 Å². The molecule has 2 amide bonds. The fourth-order valence-electron chi connectivity index (χ4n) is 2.08. The predicted molar refractivity (Wildman–Crippen MR) is 88.1 cm³/mol. The van der Waals surface area contributed by atoms with Crippen molar-refractivity contribution in [2.75, 3.05) is 13.3 Å². The van der Waals surface area contributed by atoms with Crippen LogP contribution in [-0.4, -0.2) is 19.3 Å². The molecule has 0 aliphatic heterocycles. The van der Waals surface area contributed by atoms with E-state index in [4.69, 9.17) is 4.74 Å². The Bertz CT molecular complexity index is 609. The molecular formula is C18H22N2O2. The van der Waals surface area contributed by atoms with Gasteiger partial charge in [-0.3, -0.25) is 0 Å². The standard InChI is InChI=1S/C18H22N2O2/c1-14-7-9-17(10-8-14)22-13-20-18(21)19-12-11-16-6-4-3-5-15(16)2/h3-10H,11-13H2,1-2H3,(H2,19,20,21). The van der Waals surface area contributed by atoms with Gasteiger partial charge in [0.05, 0.1) is 0 Å². The van der Waals surface area contributed by atoms with E-state index in [1.165, 1.54) is 16.7 Å². The Morgan fingerprint density at radius 2 is 1.73 bits per heavy atom. The first-order valence-corrected chi connectivity index (χ1v) is 7.41. The van der Waals surface area contributed by atoms with Crippen LogP contribution in [0.4, 0.5) is 4.79 Å². The topological polar surface area (TPSA) is 50.4 Å². The zero-order valence-corrected chi connectivity index (χ0v) is 13.1. The molecule has 0 aliphatic rings. The van der Waals surface area contributed by atoms with Crippen LogP contribution in [0.2, 0.25) is 0 Å². The van der Waals surface area contributed by atoms with Gasteiger partial charge in [-0.05, 0) is 43.5 Å². The van der Waals surface area contributed by atoms with Crippen LogP contribution in [0.15, 0.2) is 48.5 Å². The van der Waals surface area contributed by atoms with Crippen molar-refractivity contribution < 1.29 is 9.53 Å². The van der Waals surface area contributed by atoms with Gasteiger partial charge in [-0.25, -0.2) is 4.79 Å². The van der Waals surface area contributed by atoms with E-state index in [9.17, 15) is 4.79 Å². The molecule has 4 heteroatoms. The summed E-state index contributed by atoms with van der Waals surface area (Å²) in [6.45, 7) is 4.84. The second kappa shape index (κ2) is 8.08. The van der Waals surface area contributed by atoms with E-state index in [0.29, 0.717) is 6.54 Å². The maximum Gasteiger partial charge on any atom is 0.317 e. The Morgan fingerprint density at radius 3 is 2.45 bits per heavy atom. The molecule has 0 saturated carbocycles. The largest absolute Gasteiger partial charge is 0.473 e. The highest BCUT2D eigenvalue weighted by molar-refractivity contribution is 5.73. The SMILES string of the molecule is Cc1ccc(OCNC(=O)NCCc2ccccc2C)cc1. The molecule has 0 saturated heterocycles. The van der Waals surface area contributed by atoms with Crippen molar-refractivity contribution in [2.24, 2.45) is 0 Å². The molecule has 4 nitrogen and oxygen atoms in total. The van der Waals surface area contributed by atoms with Crippen molar-refractivity contribution in [3.8, 4) is 5.75 Å². The van der Waals surface area contributed by atoms with Crippen LogP contribution in [0, 0.1) is 13.8 Å². The number of ether oxygens (including phenoxy) is 1. The molecule has 0 fully saturated rings. The van der Waals surface area contributed by atoms with Crippen molar-refractivity contribution in [3.63, 3.8) is 0 Å². The third-order valence-electron chi connectivity index (χ3n) is 3.43. The second-order valence-corrected chi connectivity index (χ2v) is 5.21. The van der Waals surface area contributed by atoms with E-state index in [2.05, 4.69) is 29.7 Å². The van der Waals surface area contributed by atoms with Crippen molar-refractivity contribution >= 4 is 6.03 Å². The number of carbonyl (C=O) groups excluding carboxylic acids is 1. The number of rotatable bonds is 6. The molecular weight excluding hydrogens is 276 g/mol. The molecule has 0 radical (unpaired) electrons. The summed E-state index contributed by atoms with van der Waals surface area (Å²) in [6.07, 6.45) is 0.818. The summed E-state index contributed by atoms with van der Waals surface area (Å²) in [4.78, 5) is 11.7. The average molecular weight is 298 g/mol. The number of benzene rings is 2. The van der Waals surface area contributed by atoms with Crippen molar-refractivity contribution in [3.05, 3.63) is 65.2 Å². The first-order chi connectivity index (χ1) is 10.6. The maximum atomic E-state index is 11.7. The Kier molecular flexibility index (Phi) is 5.83. The molecule has 0 heterocycles. The summed E-state index contributed by atoms with van der Waals surface area (Å²) in [5, 5.41) is 5.50. The first kappa shape index (κ1) is 15.9. The third-order valence-corrected chi connectivity index (χ3v) is 3.43. The van der Waals surface area contributed by atoms with Gasteiger partial charge < -0.3 is 15.4 Å². The Hall–Kier alpha value is -2.49. The fraction of sp³-hybridized carbons (Fsp3) is 0.278. The minimum atomic E-state index is -0.222. The zero-order chi connectivity index (χ0) is 15.8. The Labute approximate surface area is 131 Å². The van der Waals surface area contributed by atoms with Gasteiger partial charge in [0, 0.05) is 6.54 Å². The summed E-state index contributed by atoms with van der Waals surface area (Å²) in [7, 11) is 0. The fourth-order valence-corrected chi connectivity index (χ4v) is 2.08. The lowest BCUT2D eigenvalue weighted by atomic mass is 10.1. The molecule has 22 heavy (non-hydrogen) atoms. The summed E-state index contributed by atoms with van der Waals surface area (Å²) in [6, 6.07) is 15.7. The maximum absolute atomic E-state index is 11.7. The van der Waals surface area contributed by atoms with Gasteiger partial charge in [-0.15, -0.1) is 0 Å². The van der Waals surface area contributed by atoms with Crippen LogP contribution in [0.3, 0.4) is 0 Å². The van der Waals surface area contributed by atoms with Gasteiger partial charge >= 0.3 is 6.03 Å². The van der Waals surface area contributed by atoms with E-state index >= 15 is 0 Å². The van der Waals surface area contributed by atoms with Crippen molar-refractivity contribution in [1.29, 1.82) is 0 Å². The smallest absolute Gasteiger partial charge is 0.317 e. The van der Waals surface area contributed by atoms with Crippen LogP contribution < -0.4 is 15.4 Å². The molecule has 0 unspecified atom stereocenters. The zero-order valence-electron chi connectivity index (χ0n) is 13.1. The highest BCUT2D eigenvalue weighted by Crippen LogP contribution is 2.10. The number of amides is 2. The van der Waals surface area contributed by atoms with Gasteiger partial charge in [0.25, 0.3) is 0 Å². The minimum Gasteiger partial charge on any atom is -0.473 e. The van der Waals surface area contributed by atoms with Crippen molar-refractivity contribution in [1.82, 2.24) is 10.6 Å². The van der Waals surface area contributed by atoms with E-state index in [-0.39, 0.29) is 12.8 Å². The molecule has 0 aliphatic carbocycles. The lowest BCUT2D eigenvalue weighted by Gasteiger charge is -2.10. The number of carbonyl (C=O) groups is 1. The molecule has 2 aromatic carbocycles. The molecule has 2 N–H and O–H groups in total. The quantitative estimate of drug-likeness (QED) is 0.805. The van der Waals surface area contributed by atoms with E-state index in [1.54, 1.807) is 0 Å². The minimum absolute atomic E-state index is 0.152. The van der Waals surface area contributed by atoms with E-state index in [0.717, 1.165) is 12.2 Å². The lowest BCUT2D eigenvalue weighted by Crippen LogP contribution is -2.38. The van der Waals surface area contributed by atoms with E-state index < -0.39 is 0 Å². The van der Waals surface area contributed by atoms with Crippen LogP contribution in [0.5, 0.6) is 5.75 Å². The van der Waals surface area contributed by atoms with Gasteiger partial charge in [0.2, 0.25) is 0 Å². The Balaban J connectivity index is 1.64. The molecule has 0 atom stereocenters. The van der Waals surface area contributed by atoms with Crippen LogP contribution in [-0.2, 0) is 6.42 Å². The van der Waals surface area contributed by atoms with Crippen LogP contribution in [0.25, 0.3) is 0 Å². The average Bonchev–Trinajstić information content (AvgIpc) is 2.51. The third kappa shape index (κ3) is 5.13. The summed E-state index contributed by atoms with van der Waals surface area (Å²) in [5.74, 6) is 0.741. The molecule has 2 rings (SSSR count). The highest BCUT2D eigenvalue weighted by atomic mass is 16.5. The molecule has 2 aromatic rings. The summed E-state index contributed by atoms with van der Waals surface area (Å²) in [5.41, 5.74) is 3.67. The predicted octanol–water partition coefficient (Wildman–Crippen LogP) is 3.18. The number of nitrogens with one attached hydrogen (secondary N) is 2. The van der Waals surface area contributed by atoms with Gasteiger partial charge in [-0.2, -0.15) is 0 Å². The number of aryl methyl sites for hydroxylation is 2. The summed E-state index contributed by atoms with van der Waals surface area (Å²) >= 11 is 0. The molecule has 0 aromatic heterocycles. The highest BCUT2D eigenvalue weighted by Gasteiger charge is 2.01. The number of urea groups is 1. The monoisotopic (exact) mass is 298 g/mol. The molecule has 0 spiro atoms. The van der Waals surface area contributed by atoms with Crippen LogP contribution >= 0.6 is 0 Å². The van der Waals surface area contributed by atoms with Crippen molar-refractivity contribution in [2.45, 2.75) is 20.3 Å². The van der Waals surface area contributed by atoms with Gasteiger partial charge in [0.1, 0.15) is 5.75 Å². The lowest BCUT2D eigenvalue weighted by molar-refractivity contribution is 0.224. The number of hydrogen-bond acceptors (Lipinski definition) is 2. The van der Waals surface area contributed by atoms with Gasteiger partial charge in [0.15, 0.2) is 6.73 Å². The normalized spacial score (nSPS) is 10.1. The molecule has 0 bridgehead atoms. The Morgan fingerprint density at radius 1 is 1.00 bits per heavy atom. The molecule has 116 valence electrons. The summed E-state index contributed by atoms with van der Waals surface area (Å²) < 4.78 is 5.44. The second-order valence-electron chi connectivity index (χ2n) is 5.21.